The number of carboxylic acids is 1. The molecule has 1 saturated heterocycles. The molecule has 0 radical (unpaired) electrons. The highest BCUT2D eigenvalue weighted by molar-refractivity contribution is 5.67. The molecule has 2 unspecified atom stereocenters. The van der Waals surface area contributed by atoms with Crippen LogP contribution in [0.1, 0.15) is 19.3 Å². The molecule has 0 aromatic rings. The number of ether oxygens (including phenoxy) is 1. The summed E-state index contributed by atoms with van der Waals surface area (Å²) in [6.07, 6.45) is 2.16. The van der Waals surface area contributed by atoms with E-state index in [2.05, 4.69) is 5.32 Å². The number of piperidine rings is 1. The first-order valence-electron chi connectivity index (χ1n) is 4.69. The maximum absolute atomic E-state index is 10.5. The van der Waals surface area contributed by atoms with Crippen molar-refractivity contribution in [2.24, 2.45) is 5.92 Å². The number of methoxy groups -OCH3 is 1. The van der Waals surface area contributed by atoms with Gasteiger partial charge in [-0.3, -0.25) is 4.79 Å². The minimum absolute atomic E-state index is 0.114. The SMILES string of the molecule is COC(CC(=O)O)C1CCCNC1. The van der Waals surface area contributed by atoms with Gasteiger partial charge in [0.25, 0.3) is 0 Å². The van der Waals surface area contributed by atoms with Crippen LogP contribution in [0, 0.1) is 5.92 Å². The Kier molecular flexibility index (Phi) is 4.18. The van der Waals surface area contributed by atoms with Crippen LogP contribution in [-0.4, -0.2) is 37.4 Å². The van der Waals surface area contributed by atoms with E-state index in [-0.39, 0.29) is 12.5 Å². The number of nitrogens with one attached hydrogen (secondary N) is 1. The summed E-state index contributed by atoms with van der Waals surface area (Å²) in [4.78, 5) is 10.5. The average molecular weight is 187 g/mol. The largest absolute Gasteiger partial charge is 0.481 e. The fourth-order valence-electron chi connectivity index (χ4n) is 1.81. The summed E-state index contributed by atoms with van der Waals surface area (Å²) in [7, 11) is 1.59. The molecule has 1 fully saturated rings. The Morgan fingerprint density at radius 1 is 1.77 bits per heavy atom. The first kappa shape index (κ1) is 10.5. The predicted octanol–water partition coefficient (Wildman–Crippen LogP) is 0.476. The van der Waals surface area contributed by atoms with E-state index in [1.54, 1.807) is 7.11 Å². The minimum atomic E-state index is -0.780. The van der Waals surface area contributed by atoms with Crippen molar-refractivity contribution in [1.82, 2.24) is 5.32 Å². The van der Waals surface area contributed by atoms with E-state index >= 15 is 0 Å². The second-order valence-corrected chi connectivity index (χ2v) is 3.48. The van der Waals surface area contributed by atoms with Gasteiger partial charge in [-0.25, -0.2) is 0 Å². The van der Waals surface area contributed by atoms with Crippen molar-refractivity contribution < 1.29 is 14.6 Å². The van der Waals surface area contributed by atoms with Crippen molar-refractivity contribution in [3.8, 4) is 0 Å². The van der Waals surface area contributed by atoms with Crippen molar-refractivity contribution in [2.75, 3.05) is 20.2 Å². The summed E-state index contributed by atoms with van der Waals surface area (Å²) in [6, 6.07) is 0. The first-order chi connectivity index (χ1) is 6.24. The van der Waals surface area contributed by atoms with Gasteiger partial charge < -0.3 is 15.2 Å². The van der Waals surface area contributed by atoms with Gasteiger partial charge in [0, 0.05) is 13.7 Å². The molecule has 0 spiro atoms. The molecule has 1 aliphatic heterocycles. The highest BCUT2D eigenvalue weighted by Gasteiger charge is 2.25. The Labute approximate surface area is 78.3 Å². The molecule has 4 heteroatoms. The second kappa shape index (κ2) is 5.19. The van der Waals surface area contributed by atoms with E-state index in [4.69, 9.17) is 9.84 Å². The fourth-order valence-corrected chi connectivity index (χ4v) is 1.81. The van der Waals surface area contributed by atoms with Crippen LogP contribution in [0.5, 0.6) is 0 Å². The van der Waals surface area contributed by atoms with E-state index in [9.17, 15) is 4.79 Å². The molecule has 76 valence electrons. The van der Waals surface area contributed by atoms with Gasteiger partial charge in [0.05, 0.1) is 12.5 Å². The van der Waals surface area contributed by atoms with Gasteiger partial charge in [-0.05, 0) is 25.3 Å². The number of carbonyl (C=O) groups is 1. The van der Waals surface area contributed by atoms with Crippen molar-refractivity contribution in [2.45, 2.75) is 25.4 Å². The molecule has 1 rings (SSSR count). The summed E-state index contributed by atoms with van der Waals surface area (Å²) in [5.74, 6) is -0.424. The van der Waals surface area contributed by atoms with Gasteiger partial charge in [-0.15, -0.1) is 0 Å². The number of hydrogen-bond acceptors (Lipinski definition) is 3. The van der Waals surface area contributed by atoms with Crippen LogP contribution in [-0.2, 0) is 9.53 Å². The maximum Gasteiger partial charge on any atom is 0.305 e. The summed E-state index contributed by atoms with van der Waals surface area (Å²) in [5.41, 5.74) is 0. The van der Waals surface area contributed by atoms with Crippen LogP contribution < -0.4 is 5.32 Å². The number of rotatable bonds is 4. The third-order valence-corrected chi connectivity index (χ3v) is 2.54. The van der Waals surface area contributed by atoms with Crippen LogP contribution in [0.3, 0.4) is 0 Å². The van der Waals surface area contributed by atoms with E-state index in [0.717, 1.165) is 25.9 Å². The van der Waals surface area contributed by atoms with Crippen LogP contribution in [0.4, 0.5) is 0 Å². The summed E-state index contributed by atoms with van der Waals surface area (Å²) in [5, 5.41) is 11.9. The highest BCUT2D eigenvalue weighted by atomic mass is 16.5. The summed E-state index contributed by atoms with van der Waals surface area (Å²) >= 11 is 0. The Hall–Kier alpha value is -0.610. The summed E-state index contributed by atoms with van der Waals surface area (Å²) < 4.78 is 5.18. The molecular formula is C9H17NO3. The topological polar surface area (TPSA) is 58.6 Å². The van der Waals surface area contributed by atoms with Crippen LogP contribution in [0.15, 0.2) is 0 Å². The quantitative estimate of drug-likeness (QED) is 0.672. The first-order valence-corrected chi connectivity index (χ1v) is 4.69. The standard InChI is InChI=1S/C9H17NO3/c1-13-8(5-9(11)12)7-3-2-4-10-6-7/h7-8,10H,2-6H2,1H3,(H,11,12). The Morgan fingerprint density at radius 2 is 2.54 bits per heavy atom. The smallest absolute Gasteiger partial charge is 0.305 e. The third kappa shape index (κ3) is 3.32. The minimum Gasteiger partial charge on any atom is -0.481 e. The molecule has 1 heterocycles. The molecular weight excluding hydrogens is 170 g/mol. The van der Waals surface area contributed by atoms with Gasteiger partial charge in [0.2, 0.25) is 0 Å². The lowest BCUT2D eigenvalue weighted by Gasteiger charge is -2.28. The zero-order chi connectivity index (χ0) is 9.68. The van der Waals surface area contributed by atoms with Gasteiger partial charge in [0.1, 0.15) is 0 Å². The van der Waals surface area contributed by atoms with E-state index < -0.39 is 5.97 Å². The molecule has 0 saturated carbocycles. The van der Waals surface area contributed by atoms with Crippen molar-refractivity contribution in [1.29, 1.82) is 0 Å². The number of aliphatic carboxylic acids is 1. The normalized spacial score (nSPS) is 25.5. The van der Waals surface area contributed by atoms with E-state index in [1.165, 1.54) is 0 Å². The van der Waals surface area contributed by atoms with Gasteiger partial charge >= 0.3 is 5.97 Å². The van der Waals surface area contributed by atoms with Crippen LogP contribution in [0.2, 0.25) is 0 Å². The molecule has 2 N–H and O–H groups in total. The second-order valence-electron chi connectivity index (χ2n) is 3.48. The van der Waals surface area contributed by atoms with E-state index in [0.29, 0.717) is 5.92 Å². The van der Waals surface area contributed by atoms with Crippen molar-refractivity contribution >= 4 is 5.97 Å². The van der Waals surface area contributed by atoms with Crippen molar-refractivity contribution in [3.05, 3.63) is 0 Å². The lowest BCUT2D eigenvalue weighted by atomic mass is 9.92. The molecule has 4 nitrogen and oxygen atoms in total. The molecule has 2 atom stereocenters. The fraction of sp³-hybridized carbons (Fsp3) is 0.889. The lowest BCUT2D eigenvalue weighted by molar-refractivity contribution is -0.140. The predicted molar refractivity (Wildman–Crippen MR) is 48.6 cm³/mol. The third-order valence-electron chi connectivity index (χ3n) is 2.54. The molecule has 0 aliphatic carbocycles. The van der Waals surface area contributed by atoms with Crippen LogP contribution in [0.25, 0.3) is 0 Å². The maximum atomic E-state index is 10.5. The average Bonchev–Trinajstić information content (AvgIpc) is 2.15. The van der Waals surface area contributed by atoms with Crippen molar-refractivity contribution in [3.63, 3.8) is 0 Å². The monoisotopic (exact) mass is 187 g/mol. The molecule has 0 amide bonds. The zero-order valence-corrected chi connectivity index (χ0v) is 7.95. The lowest BCUT2D eigenvalue weighted by Crippen LogP contribution is -2.38. The molecule has 1 aliphatic rings. The van der Waals surface area contributed by atoms with E-state index in [1.807, 2.05) is 0 Å². The molecule has 0 bridgehead atoms. The Morgan fingerprint density at radius 3 is 3.00 bits per heavy atom. The Bertz CT molecular complexity index is 166. The zero-order valence-electron chi connectivity index (χ0n) is 7.95. The molecule has 0 aromatic heterocycles. The number of carboxylic acid groups (broad SMARTS) is 1. The summed E-state index contributed by atoms with van der Waals surface area (Å²) in [6.45, 7) is 1.92. The Balaban J connectivity index is 2.39. The van der Waals surface area contributed by atoms with Gasteiger partial charge in [0.15, 0.2) is 0 Å². The van der Waals surface area contributed by atoms with Gasteiger partial charge in [-0.1, -0.05) is 0 Å². The number of hydrogen-bond donors (Lipinski definition) is 2. The van der Waals surface area contributed by atoms with Crippen LogP contribution >= 0.6 is 0 Å². The van der Waals surface area contributed by atoms with Gasteiger partial charge in [-0.2, -0.15) is 0 Å². The highest BCUT2D eigenvalue weighted by Crippen LogP contribution is 2.18. The molecule has 0 aromatic carbocycles. The molecule has 13 heavy (non-hydrogen) atoms.